The lowest BCUT2D eigenvalue weighted by molar-refractivity contribution is -0.118. The van der Waals surface area contributed by atoms with Gasteiger partial charge in [-0.2, -0.15) is 0 Å². The Hall–Kier alpha value is -2.62. The van der Waals surface area contributed by atoms with Gasteiger partial charge in [-0.05, 0) is 42.7 Å². The van der Waals surface area contributed by atoms with E-state index in [0.717, 1.165) is 24.9 Å². The first-order chi connectivity index (χ1) is 11.2. The van der Waals surface area contributed by atoms with Crippen LogP contribution in [0.15, 0.2) is 48.5 Å². The van der Waals surface area contributed by atoms with Gasteiger partial charge >= 0.3 is 0 Å². The molecule has 2 aromatic carbocycles. The first-order valence-corrected chi connectivity index (χ1v) is 7.78. The first kappa shape index (κ1) is 16.7. The zero-order chi connectivity index (χ0) is 16.5. The molecule has 0 unspecified atom stereocenters. The summed E-state index contributed by atoms with van der Waals surface area (Å²) in [7, 11) is 0. The van der Waals surface area contributed by atoms with Crippen molar-refractivity contribution < 1.29 is 14.3 Å². The lowest BCUT2D eigenvalue weighted by Crippen LogP contribution is -2.20. The Labute approximate surface area is 136 Å². The van der Waals surface area contributed by atoms with Gasteiger partial charge in [-0.25, -0.2) is 0 Å². The van der Waals surface area contributed by atoms with Gasteiger partial charge in [0, 0.05) is 5.69 Å². The maximum absolute atomic E-state index is 11.9. The van der Waals surface area contributed by atoms with E-state index < -0.39 is 0 Å². The summed E-state index contributed by atoms with van der Waals surface area (Å²) in [4.78, 5) is 22.8. The summed E-state index contributed by atoms with van der Waals surface area (Å²) in [6.07, 6.45) is 4.09. The van der Waals surface area contributed by atoms with Gasteiger partial charge in [-0.1, -0.05) is 37.6 Å². The highest BCUT2D eigenvalue weighted by atomic mass is 16.5. The number of hydrogen-bond acceptors (Lipinski definition) is 3. The van der Waals surface area contributed by atoms with E-state index in [0.29, 0.717) is 17.6 Å². The van der Waals surface area contributed by atoms with Crippen molar-refractivity contribution >= 4 is 17.9 Å². The molecule has 4 nitrogen and oxygen atoms in total. The number of nitrogens with one attached hydrogen (secondary N) is 1. The maximum Gasteiger partial charge on any atom is 0.262 e. The van der Waals surface area contributed by atoms with Crippen molar-refractivity contribution in [2.45, 2.75) is 26.2 Å². The molecule has 0 atom stereocenters. The summed E-state index contributed by atoms with van der Waals surface area (Å²) in [5.74, 6) is 0.152. The predicted molar refractivity (Wildman–Crippen MR) is 91.0 cm³/mol. The SMILES string of the molecule is CCCCc1ccc(NC(=O)COc2ccccc2C=O)cc1. The molecule has 0 fully saturated rings. The summed E-state index contributed by atoms with van der Waals surface area (Å²) in [5.41, 5.74) is 2.43. The molecule has 23 heavy (non-hydrogen) atoms. The Balaban J connectivity index is 1.86. The van der Waals surface area contributed by atoms with Crippen molar-refractivity contribution in [2.75, 3.05) is 11.9 Å². The number of anilines is 1. The highest BCUT2D eigenvalue weighted by Gasteiger charge is 2.06. The molecule has 0 saturated carbocycles. The van der Waals surface area contributed by atoms with E-state index in [1.807, 2.05) is 24.3 Å². The number of amides is 1. The maximum atomic E-state index is 11.9. The average Bonchev–Trinajstić information content (AvgIpc) is 2.59. The van der Waals surface area contributed by atoms with Gasteiger partial charge < -0.3 is 10.1 Å². The molecular weight excluding hydrogens is 290 g/mol. The number of carbonyl (C=O) groups is 2. The summed E-state index contributed by atoms with van der Waals surface area (Å²) >= 11 is 0. The minimum absolute atomic E-state index is 0.136. The number of carbonyl (C=O) groups excluding carboxylic acids is 2. The molecule has 0 aliphatic carbocycles. The summed E-state index contributed by atoms with van der Waals surface area (Å²) in [6, 6.07) is 14.6. The van der Waals surface area contributed by atoms with Crippen LogP contribution < -0.4 is 10.1 Å². The fourth-order valence-corrected chi connectivity index (χ4v) is 2.19. The summed E-state index contributed by atoms with van der Waals surface area (Å²) < 4.78 is 5.40. The largest absolute Gasteiger partial charge is 0.483 e. The molecule has 1 amide bonds. The zero-order valence-corrected chi connectivity index (χ0v) is 13.2. The number of aldehydes is 1. The third-order valence-electron chi connectivity index (χ3n) is 3.46. The Morgan fingerprint density at radius 2 is 1.87 bits per heavy atom. The summed E-state index contributed by atoms with van der Waals surface area (Å²) in [5, 5.41) is 2.78. The second-order valence-electron chi connectivity index (χ2n) is 5.29. The molecule has 2 aromatic rings. The van der Waals surface area contributed by atoms with E-state index in [1.165, 1.54) is 5.56 Å². The van der Waals surface area contributed by atoms with E-state index in [1.54, 1.807) is 24.3 Å². The highest BCUT2D eigenvalue weighted by molar-refractivity contribution is 5.92. The first-order valence-electron chi connectivity index (χ1n) is 7.78. The van der Waals surface area contributed by atoms with Crippen LogP contribution in [0.1, 0.15) is 35.7 Å². The molecule has 0 heterocycles. The molecule has 0 aromatic heterocycles. The molecule has 120 valence electrons. The third-order valence-corrected chi connectivity index (χ3v) is 3.46. The van der Waals surface area contributed by atoms with Gasteiger partial charge in [0.15, 0.2) is 12.9 Å². The Morgan fingerprint density at radius 3 is 2.57 bits per heavy atom. The number of aryl methyl sites for hydroxylation is 1. The molecule has 4 heteroatoms. The molecule has 0 aliphatic heterocycles. The van der Waals surface area contributed by atoms with Crippen LogP contribution in [-0.4, -0.2) is 18.8 Å². The van der Waals surface area contributed by atoms with Crippen LogP contribution in [-0.2, 0) is 11.2 Å². The topological polar surface area (TPSA) is 55.4 Å². The number of hydrogen-bond donors (Lipinski definition) is 1. The Morgan fingerprint density at radius 1 is 1.13 bits per heavy atom. The lowest BCUT2D eigenvalue weighted by atomic mass is 10.1. The number of benzene rings is 2. The van der Waals surface area contributed by atoms with Crippen LogP contribution in [0.5, 0.6) is 5.75 Å². The van der Waals surface area contributed by atoms with Gasteiger partial charge in [0.1, 0.15) is 5.75 Å². The number of ether oxygens (including phenoxy) is 1. The molecule has 0 saturated heterocycles. The summed E-state index contributed by atoms with van der Waals surface area (Å²) in [6.45, 7) is 2.03. The Kier molecular flexibility index (Phi) is 6.36. The lowest BCUT2D eigenvalue weighted by Gasteiger charge is -2.09. The smallest absolute Gasteiger partial charge is 0.262 e. The van der Waals surface area contributed by atoms with Crippen molar-refractivity contribution in [3.05, 3.63) is 59.7 Å². The normalized spacial score (nSPS) is 10.1. The zero-order valence-electron chi connectivity index (χ0n) is 13.2. The molecule has 0 aliphatic rings. The van der Waals surface area contributed by atoms with E-state index in [9.17, 15) is 9.59 Å². The molecule has 0 radical (unpaired) electrons. The van der Waals surface area contributed by atoms with Crippen LogP contribution in [0.2, 0.25) is 0 Å². The Bertz CT molecular complexity index is 650. The quantitative estimate of drug-likeness (QED) is 0.753. The number of para-hydroxylation sites is 1. The van der Waals surface area contributed by atoms with E-state index >= 15 is 0 Å². The number of rotatable bonds is 8. The van der Waals surface area contributed by atoms with Gasteiger partial charge in [-0.15, -0.1) is 0 Å². The van der Waals surface area contributed by atoms with Crippen molar-refractivity contribution in [2.24, 2.45) is 0 Å². The molecular formula is C19H21NO3. The number of unbranched alkanes of at least 4 members (excludes halogenated alkanes) is 1. The predicted octanol–water partition coefficient (Wildman–Crippen LogP) is 3.86. The fraction of sp³-hybridized carbons (Fsp3) is 0.263. The van der Waals surface area contributed by atoms with Crippen molar-refractivity contribution in [3.8, 4) is 5.75 Å². The van der Waals surface area contributed by atoms with E-state index in [2.05, 4.69) is 12.2 Å². The van der Waals surface area contributed by atoms with Crippen LogP contribution in [0, 0.1) is 0 Å². The average molecular weight is 311 g/mol. The van der Waals surface area contributed by atoms with E-state index in [4.69, 9.17) is 4.74 Å². The third kappa shape index (κ3) is 5.25. The molecule has 2 rings (SSSR count). The van der Waals surface area contributed by atoms with Crippen LogP contribution in [0.3, 0.4) is 0 Å². The highest BCUT2D eigenvalue weighted by Crippen LogP contribution is 2.16. The minimum Gasteiger partial charge on any atom is -0.483 e. The molecule has 1 N–H and O–H groups in total. The van der Waals surface area contributed by atoms with Gasteiger partial charge in [0.25, 0.3) is 5.91 Å². The second kappa shape index (κ2) is 8.73. The van der Waals surface area contributed by atoms with Gasteiger partial charge in [-0.3, -0.25) is 9.59 Å². The van der Waals surface area contributed by atoms with E-state index in [-0.39, 0.29) is 12.5 Å². The fourth-order valence-electron chi connectivity index (χ4n) is 2.19. The molecule has 0 spiro atoms. The van der Waals surface area contributed by atoms with Gasteiger partial charge in [0.05, 0.1) is 5.56 Å². The van der Waals surface area contributed by atoms with Crippen LogP contribution in [0.25, 0.3) is 0 Å². The van der Waals surface area contributed by atoms with Crippen LogP contribution in [0.4, 0.5) is 5.69 Å². The standard InChI is InChI=1S/C19H21NO3/c1-2-3-6-15-9-11-17(12-10-15)20-19(22)14-23-18-8-5-4-7-16(18)13-21/h4-5,7-13H,2-3,6,14H2,1H3,(H,20,22). The van der Waals surface area contributed by atoms with Crippen molar-refractivity contribution in [1.29, 1.82) is 0 Å². The van der Waals surface area contributed by atoms with Crippen molar-refractivity contribution in [1.82, 2.24) is 0 Å². The van der Waals surface area contributed by atoms with Crippen LogP contribution >= 0.6 is 0 Å². The monoisotopic (exact) mass is 311 g/mol. The second-order valence-corrected chi connectivity index (χ2v) is 5.29. The van der Waals surface area contributed by atoms with Gasteiger partial charge in [0.2, 0.25) is 0 Å². The minimum atomic E-state index is -0.257. The van der Waals surface area contributed by atoms with Crippen molar-refractivity contribution in [3.63, 3.8) is 0 Å². The molecule has 0 bridgehead atoms.